The van der Waals surface area contributed by atoms with Crippen LogP contribution in [0.1, 0.15) is 26.3 Å². The Bertz CT molecular complexity index is 1390. The number of amides is 2. The van der Waals surface area contributed by atoms with Crippen molar-refractivity contribution in [2.45, 2.75) is 45.5 Å². The topological polar surface area (TPSA) is 138 Å². The van der Waals surface area contributed by atoms with Crippen LogP contribution in [0.3, 0.4) is 0 Å². The van der Waals surface area contributed by atoms with Gasteiger partial charge in [0, 0.05) is 67.8 Å². The van der Waals surface area contributed by atoms with Crippen molar-refractivity contribution in [3.8, 4) is 5.88 Å². The van der Waals surface area contributed by atoms with Gasteiger partial charge < -0.3 is 25.4 Å². The molecule has 0 spiro atoms. The van der Waals surface area contributed by atoms with Gasteiger partial charge in [0.2, 0.25) is 5.88 Å². The van der Waals surface area contributed by atoms with Crippen LogP contribution in [0.15, 0.2) is 24.5 Å². The Morgan fingerprint density at radius 2 is 1.93 bits per heavy atom. The molecule has 0 radical (unpaired) electrons. The summed E-state index contributed by atoms with van der Waals surface area (Å²) in [4.78, 5) is 35.4. The van der Waals surface area contributed by atoms with Crippen LogP contribution in [0.2, 0.25) is 0 Å². The monoisotopic (exact) mass is 564 g/mol. The molecule has 5 heterocycles. The molecule has 3 N–H and O–H groups in total. The third-order valence-electron chi connectivity index (χ3n) is 6.33. The summed E-state index contributed by atoms with van der Waals surface area (Å²) in [5.74, 6) is -1.67. The Balaban J connectivity index is 0.000000470. The van der Waals surface area contributed by atoms with E-state index in [9.17, 15) is 18.0 Å². The van der Waals surface area contributed by atoms with Gasteiger partial charge in [0.15, 0.2) is 5.65 Å². The summed E-state index contributed by atoms with van der Waals surface area (Å²) in [5.41, 5.74) is 3.40. The lowest BCUT2D eigenvalue weighted by molar-refractivity contribution is -0.192. The van der Waals surface area contributed by atoms with Crippen molar-refractivity contribution < 1.29 is 32.6 Å². The number of aliphatic carboxylic acids is 1. The van der Waals surface area contributed by atoms with E-state index in [1.807, 2.05) is 26.2 Å². The molecule has 216 valence electrons. The molecule has 0 aliphatic carbocycles. The molecule has 0 bridgehead atoms. The lowest BCUT2D eigenvalue weighted by atomic mass is 10.1. The van der Waals surface area contributed by atoms with E-state index in [-0.39, 0.29) is 6.03 Å². The molecule has 12 nitrogen and oxygen atoms in total. The number of carboxylic acids is 1. The number of aromatic nitrogens is 4. The Labute approximate surface area is 228 Å². The second-order valence-corrected chi connectivity index (χ2v) is 9.63. The number of urea groups is 1. The number of nitrogens with one attached hydrogen (secondary N) is 2. The number of aryl methyl sites for hydroxylation is 1. The molecule has 3 aromatic heterocycles. The number of piperazine rings is 1. The van der Waals surface area contributed by atoms with E-state index in [1.54, 1.807) is 15.8 Å². The molecule has 40 heavy (non-hydrogen) atoms. The Morgan fingerprint density at radius 3 is 2.55 bits per heavy atom. The van der Waals surface area contributed by atoms with E-state index in [0.717, 1.165) is 36.3 Å². The van der Waals surface area contributed by atoms with Crippen molar-refractivity contribution in [3.63, 3.8) is 0 Å². The molecule has 3 aromatic rings. The van der Waals surface area contributed by atoms with Crippen LogP contribution in [0, 0.1) is 0 Å². The molecule has 1 fully saturated rings. The van der Waals surface area contributed by atoms with Gasteiger partial charge in [-0.05, 0) is 39.3 Å². The molecule has 2 amide bonds. The fraction of sp³-hybridized carbons (Fsp3) is 0.480. The number of carbonyl (C=O) groups excluding carboxylic acids is 1. The fourth-order valence-electron chi connectivity index (χ4n) is 4.87. The second kappa shape index (κ2) is 11.5. The molecule has 5 rings (SSSR count). The van der Waals surface area contributed by atoms with Gasteiger partial charge in [0.25, 0.3) is 0 Å². The smallest absolute Gasteiger partial charge is 0.476 e. The molecule has 2 aliphatic rings. The minimum atomic E-state index is -5.08. The number of fused-ring (bicyclic) bond motifs is 2. The predicted octanol–water partition coefficient (Wildman–Crippen LogP) is 3.18. The van der Waals surface area contributed by atoms with Gasteiger partial charge in [-0.2, -0.15) is 23.3 Å². The van der Waals surface area contributed by atoms with Gasteiger partial charge in [0.1, 0.15) is 11.5 Å². The van der Waals surface area contributed by atoms with Crippen LogP contribution < -0.4 is 25.2 Å². The van der Waals surface area contributed by atoms with E-state index in [2.05, 4.69) is 50.5 Å². The van der Waals surface area contributed by atoms with Crippen molar-refractivity contribution in [2.24, 2.45) is 7.05 Å². The third-order valence-corrected chi connectivity index (χ3v) is 6.33. The van der Waals surface area contributed by atoms with E-state index in [4.69, 9.17) is 14.6 Å². The van der Waals surface area contributed by atoms with E-state index >= 15 is 0 Å². The van der Waals surface area contributed by atoms with Gasteiger partial charge in [-0.3, -0.25) is 9.58 Å². The molecular formula is C25H31F3N8O4. The first-order chi connectivity index (χ1) is 18.9. The van der Waals surface area contributed by atoms with Crippen molar-refractivity contribution in [2.75, 3.05) is 41.4 Å². The molecule has 0 unspecified atom stereocenters. The first-order valence-corrected chi connectivity index (χ1v) is 12.7. The number of hydrogen-bond donors (Lipinski definition) is 3. The standard InChI is InChI=1S/C23H30N8O2.C2HF3O2/c1-5-33-22-18(10-16-13-29(4)28-20(16)27-22)26-23(32)31-9-7-17-19(6-8-24-21(17)31)30-11-14(2)25-15(3)12-30;3-2(4,5)1(6)7/h6,8,10,13-15,25H,5,7,9,11-12H2,1-4H3,(H,26,32);(H,6,7)/t14-,15+;. The summed E-state index contributed by atoms with van der Waals surface area (Å²) >= 11 is 0. The highest BCUT2D eigenvalue weighted by atomic mass is 19.4. The van der Waals surface area contributed by atoms with E-state index in [1.165, 1.54) is 5.69 Å². The highest BCUT2D eigenvalue weighted by Crippen LogP contribution is 2.35. The minimum Gasteiger partial charge on any atom is -0.476 e. The second-order valence-electron chi connectivity index (χ2n) is 9.63. The zero-order valence-corrected chi connectivity index (χ0v) is 22.5. The normalized spacial score (nSPS) is 18.7. The third kappa shape index (κ3) is 6.35. The number of ether oxygens (including phenoxy) is 1. The van der Waals surface area contributed by atoms with Crippen LogP contribution in [-0.2, 0) is 18.3 Å². The number of halogens is 3. The number of carbonyl (C=O) groups is 2. The van der Waals surface area contributed by atoms with Gasteiger partial charge in [-0.15, -0.1) is 0 Å². The number of carboxylic acid groups (broad SMARTS) is 1. The SMILES string of the molecule is CCOc1nc2nn(C)cc2cc1NC(=O)N1CCc2c(N3C[C@@H](C)N[C@@H](C)C3)ccnc21.O=C(O)C(F)(F)F. The van der Waals surface area contributed by atoms with Crippen LogP contribution in [0.4, 0.5) is 35.2 Å². The molecule has 15 heteroatoms. The number of alkyl halides is 3. The zero-order chi connectivity index (χ0) is 29.2. The maximum absolute atomic E-state index is 13.3. The summed E-state index contributed by atoms with van der Waals surface area (Å²) in [6.07, 6.45) is -0.648. The lowest BCUT2D eigenvalue weighted by Crippen LogP contribution is -2.54. The van der Waals surface area contributed by atoms with E-state index < -0.39 is 12.1 Å². The maximum Gasteiger partial charge on any atom is 0.490 e. The number of hydrogen-bond acceptors (Lipinski definition) is 8. The lowest BCUT2D eigenvalue weighted by Gasteiger charge is -2.38. The van der Waals surface area contributed by atoms with Crippen LogP contribution >= 0.6 is 0 Å². The summed E-state index contributed by atoms with van der Waals surface area (Å²) in [6.45, 7) is 9.17. The quantitative estimate of drug-likeness (QED) is 0.436. The maximum atomic E-state index is 13.3. The molecule has 0 saturated carbocycles. The first kappa shape index (κ1) is 28.9. The number of rotatable bonds is 4. The van der Waals surface area contributed by atoms with Gasteiger partial charge in [-0.25, -0.2) is 14.6 Å². The average Bonchev–Trinajstić information content (AvgIpc) is 3.46. The first-order valence-electron chi connectivity index (χ1n) is 12.7. The van der Waals surface area contributed by atoms with Gasteiger partial charge in [0.05, 0.1) is 6.61 Å². The number of anilines is 3. The molecule has 2 aliphatic heterocycles. The van der Waals surface area contributed by atoms with Crippen molar-refractivity contribution in [1.29, 1.82) is 0 Å². The molecule has 1 saturated heterocycles. The number of nitrogens with zero attached hydrogens (tertiary/aromatic N) is 6. The van der Waals surface area contributed by atoms with Crippen molar-refractivity contribution >= 4 is 40.2 Å². The summed E-state index contributed by atoms with van der Waals surface area (Å²) < 4.78 is 39.1. The highest BCUT2D eigenvalue weighted by Gasteiger charge is 2.38. The van der Waals surface area contributed by atoms with Crippen LogP contribution in [-0.4, -0.2) is 81.4 Å². The molecule has 2 atom stereocenters. The van der Waals surface area contributed by atoms with Crippen molar-refractivity contribution in [3.05, 3.63) is 30.1 Å². The zero-order valence-electron chi connectivity index (χ0n) is 22.5. The van der Waals surface area contributed by atoms with E-state index in [0.29, 0.717) is 42.4 Å². The Kier molecular flexibility index (Phi) is 8.32. The summed E-state index contributed by atoms with van der Waals surface area (Å²) in [6, 6.07) is 4.49. The van der Waals surface area contributed by atoms with Crippen LogP contribution in [0.25, 0.3) is 11.0 Å². The molecule has 0 aromatic carbocycles. The van der Waals surface area contributed by atoms with Gasteiger partial charge >= 0.3 is 18.2 Å². The predicted molar refractivity (Wildman–Crippen MR) is 142 cm³/mol. The number of pyridine rings is 2. The Morgan fingerprint density at radius 1 is 1.25 bits per heavy atom. The fourth-order valence-corrected chi connectivity index (χ4v) is 4.87. The summed E-state index contributed by atoms with van der Waals surface area (Å²) in [5, 5.41) is 18.9. The average molecular weight is 565 g/mol. The molecular weight excluding hydrogens is 533 g/mol. The van der Waals surface area contributed by atoms with Gasteiger partial charge in [-0.1, -0.05) is 0 Å². The van der Waals surface area contributed by atoms with Crippen LogP contribution in [0.5, 0.6) is 5.88 Å². The Hall–Kier alpha value is -4.14. The minimum absolute atomic E-state index is 0.244. The summed E-state index contributed by atoms with van der Waals surface area (Å²) in [7, 11) is 1.84. The highest BCUT2D eigenvalue weighted by molar-refractivity contribution is 6.04. The largest absolute Gasteiger partial charge is 0.490 e. The van der Waals surface area contributed by atoms with Crippen molar-refractivity contribution in [1.82, 2.24) is 25.1 Å².